The standard InChI is InChI=1S/C33H34N2O9.2ClH/c1-15-28(37)22(35-14-17-7-3-6-10-21(17)34)11-24(43-15)44-23-13-33(42,16(2)36)12-20-25(23)32(41)27-26(31(20)40)29(38)18-8-4-5-9-19(18)30(27)39;;/h3-10,15,22-24,28,35,37,40-42H,11-14,34H2,1-2H3;2*1H/t15-,22-,23-,24-,28+,33-;;/m0../s1. The Bertz CT molecular complexity index is 1700. The fourth-order valence-corrected chi connectivity index (χ4v) is 6.53. The molecule has 13 heteroatoms. The molecule has 7 N–H and O–H groups in total. The minimum absolute atomic E-state index is 0. The Balaban J connectivity index is 0.00000240. The average molecular weight is 676 g/mol. The van der Waals surface area contributed by atoms with Crippen LogP contribution in [-0.4, -0.2) is 67.9 Å². The van der Waals surface area contributed by atoms with Gasteiger partial charge >= 0.3 is 0 Å². The number of nitrogens with one attached hydrogen (secondary N) is 1. The molecule has 1 aliphatic heterocycles. The second-order valence-corrected chi connectivity index (χ2v) is 11.8. The highest BCUT2D eigenvalue weighted by Crippen LogP contribution is 2.52. The van der Waals surface area contributed by atoms with E-state index in [1.165, 1.54) is 19.1 Å². The molecular weight excluding hydrogens is 639 g/mol. The van der Waals surface area contributed by atoms with Crippen LogP contribution < -0.4 is 11.1 Å². The lowest BCUT2D eigenvalue weighted by Gasteiger charge is -2.43. The second-order valence-electron chi connectivity index (χ2n) is 11.8. The Labute approximate surface area is 277 Å². The van der Waals surface area contributed by atoms with E-state index in [-0.39, 0.29) is 71.0 Å². The largest absolute Gasteiger partial charge is 0.507 e. The molecule has 6 rings (SSSR count). The minimum Gasteiger partial charge on any atom is -0.507 e. The van der Waals surface area contributed by atoms with Crippen molar-refractivity contribution >= 4 is 47.9 Å². The lowest BCUT2D eigenvalue weighted by atomic mass is 9.72. The number of hydrogen-bond acceptors (Lipinski definition) is 11. The maximum absolute atomic E-state index is 13.5. The van der Waals surface area contributed by atoms with E-state index in [0.29, 0.717) is 12.2 Å². The minimum atomic E-state index is -2.00. The third-order valence-corrected chi connectivity index (χ3v) is 9.06. The summed E-state index contributed by atoms with van der Waals surface area (Å²) in [7, 11) is 0. The molecule has 246 valence electrons. The van der Waals surface area contributed by atoms with Gasteiger partial charge in [-0.3, -0.25) is 14.4 Å². The van der Waals surface area contributed by atoms with Crippen LogP contribution in [0.2, 0.25) is 0 Å². The van der Waals surface area contributed by atoms with E-state index in [9.17, 15) is 34.8 Å². The summed E-state index contributed by atoms with van der Waals surface area (Å²) < 4.78 is 12.3. The number of aliphatic hydroxyl groups is 2. The predicted octanol–water partition coefficient (Wildman–Crippen LogP) is 3.28. The Morgan fingerprint density at radius 2 is 1.61 bits per heavy atom. The van der Waals surface area contributed by atoms with E-state index in [1.807, 2.05) is 18.2 Å². The number of benzene rings is 3. The highest BCUT2D eigenvalue weighted by Gasteiger charge is 2.49. The number of Topliss-reactive ketones (excluding diaryl/α,β-unsaturated/α-hetero) is 1. The quantitative estimate of drug-likeness (QED) is 0.130. The number of ketones is 3. The van der Waals surface area contributed by atoms with Gasteiger partial charge in [-0.1, -0.05) is 42.5 Å². The van der Waals surface area contributed by atoms with Crippen molar-refractivity contribution in [3.8, 4) is 11.5 Å². The summed E-state index contributed by atoms with van der Waals surface area (Å²) in [4.78, 5) is 39.7. The van der Waals surface area contributed by atoms with Crippen LogP contribution >= 0.6 is 24.8 Å². The number of anilines is 1. The third kappa shape index (κ3) is 5.88. The Morgan fingerprint density at radius 3 is 2.22 bits per heavy atom. The van der Waals surface area contributed by atoms with Crippen molar-refractivity contribution in [1.29, 1.82) is 0 Å². The number of carbonyl (C=O) groups is 3. The Hall–Kier alpha value is -3.55. The van der Waals surface area contributed by atoms with Gasteiger partial charge in [0.2, 0.25) is 0 Å². The van der Waals surface area contributed by atoms with Crippen molar-refractivity contribution in [2.45, 2.75) is 75.9 Å². The number of rotatable bonds is 6. The van der Waals surface area contributed by atoms with Crippen molar-refractivity contribution < 1.29 is 44.3 Å². The van der Waals surface area contributed by atoms with E-state index in [4.69, 9.17) is 15.2 Å². The lowest BCUT2D eigenvalue weighted by Crippen LogP contribution is -2.54. The fraction of sp³-hybridized carbons (Fsp3) is 0.364. The Morgan fingerprint density at radius 1 is 1.02 bits per heavy atom. The first-order chi connectivity index (χ1) is 20.9. The Kier molecular flexibility index (Phi) is 10.2. The zero-order valence-corrected chi connectivity index (χ0v) is 26.7. The van der Waals surface area contributed by atoms with E-state index in [0.717, 1.165) is 5.56 Å². The molecule has 0 saturated carbocycles. The molecule has 0 unspecified atom stereocenters. The zero-order valence-electron chi connectivity index (χ0n) is 25.1. The first-order valence-electron chi connectivity index (χ1n) is 14.5. The van der Waals surface area contributed by atoms with Gasteiger partial charge in [0, 0.05) is 59.8 Å². The summed E-state index contributed by atoms with van der Waals surface area (Å²) in [6.45, 7) is 3.24. The van der Waals surface area contributed by atoms with Crippen LogP contribution in [0.25, 0.3) is 0 Å². The highest BCUT2D eigenvalue weighted by atomic mass is 35.5. The molecule has 11 nitrogen and oxygen atoms in total. The summed E-state index contributed by atoms with van der Waals surface area (Å²) in [5.74, 6) is -3.07. The van der Waals surface area contributed by atoms with Gasteiger partial charge in [0.15, 0.2) is 23.6 Å². The molecule has 0 radical (unpaired) electrons. The number of fused-ring (bicyclic) bond motifs is 3. The molecule has 3 aliphatic rings. The van der Waals surface area contributed by atoms with Gasteiger partial charge in [0.05, 0.1) is 29.4 Å². The van der Waals surface area contributed by atoms with Crippen LogP contribution in [0, 0.1) is 0 Å². The predicted molar refractivity (Wildman–Crippen MR) is 172 cm³/mol. The normalized spacial score (nSPS) is 26.6. The fourth-order valence-electron chi connectivity index (χ4n) is 6.53. The lowest BCUT2D eigenvalue weighted by molar-refractivity contribution is -0.249. The number of phenolic OH excluding ortho intramolecular Hbond substituents is 2. The van der Waals surface area contributed by atoms with Crippen LogP contribution in [0.4, 0.5) is 5.69 Å². The molecule has 0 bridgehead atoms. The van der Waals surface area contributed by atoms with Gasteiger partial charge in [-0.2, -0.15) is 0 Å². The molecule has 6 atom stereocenters. The smallest absolute Gasteiger partial charge is 0.198 e. The summed E-state index contributed by atoms with van der Waals surface area (Å²) in [6.07, 6.45) is -4.36. The maximum Gasteiger partial charge on any atom is 0.198 e. The molecule has 0 aromatic heterocycles. The van der Waals surface area contributed by atoms with Gasteiger partial charge < -0.3 is 41.0 Å². The number of nitrogen functional groups attached to an aromatic ring is 1. The summed E-state index contributed by atoms with van der Waals surface area (Å²) >= 11 is 0. The number of nitrogens with two attached hydrogens (primary N) is 1. The van der Waals surface area contributed by atoms with Gasteiger partial charge in [-0.15, -0.1) is 24.8 Å². The molecule has 1 heterocycles. The molecule has 0 spiro atoms. The SMILES string of the molecule is CC(=O)[C@]1(O)Cc2c(O)c3c(c(O)c2[C@@H](O[C@H]2C[C@H](NCc4ccccc4N)[C@H](O)[C@H](C)O2)C1)C(=O)c1ccccc1C3=O.Cl.Cl. The molecular formula is C33H36Cl2N2O9. The van der Waals surface area contributed by atoms with Crippen LogP contribution in [0.15, 0.2) is 48.5 Å². The number of ether oxygens (including phenoxy) is 2. The third-order valence-electron chi connectivity index (χ3n) is 9.06. The van der Waals surface area contributed by atoms with Crippen molar-refractivity contribution in [1.82, 2.24) is 5.32 Å². The highest BCUT2D eigenvalue weighted by molar-refractivity contribution is 6.30. The summed E-state index contributed by atoms with van der Waals surface area (Å²) in [5, 5.41) is 48.6. The first-order valence-corrected chi connectivity index (χ1v) is 14.5. The van der Waals surface area contributed by atoms with Crippen LogP contribution in [-0.2, 0) is 27.2 Å². The molecule has 3 aromatic carbocycles. The second kappa shape index (κ2) is 13.3. The van der Waals surface area contributed by atoms with Gasteiger partial charge in [-0.05, 0) is 25.5 Å². The van der Waals surface area contributed by atoms with E-state index in [2.05, 4.69) is 5.32 Å². The topological polar surface area (TPSA) is 189 Å². The number of aliphatic hydroxyl groups excluding tert-OH is 1. The first kappa shape index (κ1) is 35.3. The van der Waals surface area contributed by atoms with Gasteiger partial charge in [0.1, 0.15) is 17.1 Å². The van der Waals surface area contributed by atoms with E-state index >= 15 is 0 Å². The number of para-hydroxylation sites is 1. The molecule has 1 saturated heterocycles. The monoisotopic (exact) mass is 674 g/mol. The van der Waals surface area contributed by atoms with Crippen molar-refractivity contribution in [3.05, 3.63) is 87.5 Å². The number of carbonyl (C=O) groups excluding carboxylic acids is 3. The van der Waals surface area contributed by atoms with Gasteiger partial charge in [0.25, 0.3) is 0 Å². The number of halogens is 2. The number of aromatic hydroxyl groups is 2. The van der Waals surface area contributed by atoms with Crippen molar-refractivity contribution in [2.24, 2.45) is 0 Å². The molecule has 0 amide bonds. The van der Waals surface area contributed by atoms with Crippen LogP contribution in [0.1, 0.15) is 81.3 Å². The average Bonchev–Trinajstić information content (AvgIpc) is 2.99. The zero-order chi connectivity index (χ0) is 31.5. The van der Waals surface area contributed by atoms with Gasteiger partial charge in [-0.25, -0.2) is 0 Å². The summed E-state index contributed by atoms with van der Waals surface area (Å²) in [6, 6.07) is 12.9. The molecule has 1 fully saturated rings. The number of hydrogen-bond donors (Lipinski definition) is 6. The molecule has 2 aliphatic carbocycles. The summed E-state index contributed by atoms with van der Waals surface area (Å²) in [5.41, 5.74) is 4.86. The van der Waals surface area contributed by atoms with E-state index < -0.39 is 71.5 Å². The van der Waals surface area contributed by atoms with Crippen molar-refractivity contribution in [3.63, 3.8) is 0 Å². The molecule has 46 heavy (non-hydrogen) atoms. The number of phenols is 2. The maximum atomic E-state index is 13.5. The van der Waals surface area contributed by atoms with Crippen LogP contribution in [0.3, 0.4) is 0 Å². The molecule has 3 aromatic rings. The van der Waals surface area contributed by atoms with Crippen molar-refractivity contribution in [2.75, 3.05) is 5.73 Å². The van der Waals surface area contributed by atoms with Crippen LogP contribution in [0.5, 0.6) is 11.5 Å². The van der Waals surface area contributed by atoms with E-state index in [1.54, 1.807) is 25.1 Å².